The zero-order valence-electron chi connectivity index (χ0n) is 12.4. The van der Waals surface area contributed by atoms with E-state index in [2.05, 4.69) is 31.3 Å². The molecule has 0 bridgehead atoms. The second kappa shape index (κ2) is 5.28. The number of hydrogen-bond donors (Lipinski definition) is 1. The fourth-order valence-corrected chi connectivity index (χ4v) is 2.92. The first-order chi connectivity index (χ1) is 8.92. The van der Waals surface area contributed by atoms with Crippen molar-refractivity contribution in [3.05, 3.63) is 11.5 Å². The molecule has 19 heavy (non-hydrogen) atoms. The lowest BCUT2D eigenvalue weighted by Gasteiger charge is -2.16. The summed E-state index contributed by atoms with van der Waals surface area (Å²) < 4.78 is 2.05. The van der Waals surface area contributed by atoms with E-state index >= 15 is 0 Å². The third-order valence-corrected chi connectivity index (χ3v) is 3.78. The van der Waals surface area contributed by atoms with Gasteiger partial charge in [0, 0.05) is 5.92 Å². The number of anilines is 1. The SMILES string of the molecule is C#CCn1c(C2CCCC2)nc(CC(C)(C)C)c1N. The summed E-state index contributed by atoms with van der Waals surface area (Å²) >= 11 is 0. The second-order valence-corrected chi connectivity index (χ2v) is 6.81. The van der Waals surface area contributed by atoms with Gasteiger partial charge in [0.15, 0.2) is 0 Å². The molecule has 0 saturated heterocycles. The van der Waals surface area contributed by atoms with Crippen molar-refractivity contribution in [2.75, 3.05) is 5.73 Å². The summed E-state index contributed by atoms with van der Waals surface area (Å²) in [4.78, 5) is 4.84. The van der Waals surface area contributed by atoms with E-state index in [1.807, 2.05) is 0 Å². The summed E-state index contributed by atoms with van der Waals surface area (Å²) in [5.74, 6) is 5.14. The Hall–Kier alpha value is -1.43. The average Bonchev–Trinajstić information content (AvgIpc) is 2.90. The molecule has 1 fully saturated rings. The molecular weight excluding hydrogens is 234 g/mol. The van der Waals surface area contributed by atoms with Crippen molar-refractivity contribution in [1.29, 1.82) is 0 Å². The summed E-state index contributed by atoms with van der Waals surface area (Å²) in [5, 5.41) is 0. The first-order valence-electron chi connectivity index (χ1n) is 7.20. The van der Waals surface area contributed by atoms with Crippen molar-refractivity contribution in [2.24, 2.45) is 5.41 Å². The Morgan fingerprint density at radius 3 is 2.53 bits per heavy atom. The van der Waals surface area contributed by atoms with E-state index in [1.165, 1.54) is 25.7 Å². The standard InChI is InChI=1S/C16H25N3/c1-5-10-19-14(17)13(11-16(2,3)4)18-15(19)12-8-6-7-9-12/h1,12H,6-11,17H2,2-4H3. The predicted octanol–water partition coefficient (Wildman–Crippen LogP) is 3.34. The molecule has 1 heterocycles. The maximum absolute atomic E-state index is 6.27. The molecule has 0 atom stereocenters. The van der Waals surface area contributed by atoms with Gasteiger partial charge in [-0.25, -0.2) is 4.98 Å². The maximum atomic E-state index is 6.27. The highest BCUT2D eigenvalue weighted by Gasteiger charge is 2.26. The fourth-order valence-electron chi connectivity index (χ4n) is 2.92. The molecule has 0 aromatic carbocycles. The van der Waals surface area contributed by atoms with Crippen LogP contribution >= 0.6 is 0 Å². The lowest BCUT2D eigenvalue weighted by Crippen LogP contribution is -2.12. The van der Waals surface area contributed by atoms with Crippen LogP contribution in [0.5, 0.6) is 0 Å². The normalized spacial score (nSPS) is 16.7. The molecular formula is C16H25N3. The molecule has 3 heteroatoms. The number of nitrogens with two attached hydrogens (primary N) is 1. The van der Waals surface area contributed by atoms with E-state index in [1.54, 1.807) is 0 Å². The number of hydrogen-bond acceptors (Lipinski definition) is 2. The summed E-state index contributed by atoms with van der Waals surface area (Å²) in [6.45, 7) is 7.17. The molecule has 0 spiro atoms. The minimum absolute atomic E-state index is 0.191. The quantitative estimate of drug-likeness (QED) is 0.846. The van der Waals surface area contributed by atoms with Crippen LogP contribution in [0.25, 0.3) is 0 Å². The summed E-state index contributed by atoms with van der Waals surface area (Å²) in [7, 11) is 0. The third-order valence-electron chi connectivity index (χ3n) is 3.78. The molecule has 1 saturated carbocycles. The van der Waals surface area contributed by atoms with Gasteiger partial charge in [0.2, 0.25) is 0 Å². The Morgan fingerprint density at radius 2 is 2.00 bits per heavy atom. The first-order valence-corrected chi connectivity index (χ1v) is 7.20. The lowest BCUT2D eigenvalue weighted by molar-refractivity contribution is 0.407. The van der Waals surface area contributed by atoms with Crippen LogP contribution in [0.3, 0.4) is 0 Å². The van der Waals surface area contributed by atoms with Gasteiger partial charge in [-0.2, -0.15) is 0 Å². The number of nitrogens with zero attached hydrogens (tertiary/aromatic N) is 2. The molecule has 1 aromatic rings. The highest BCUT2D eigenvalue weighted by Crippen LogP contribution is 2.36. The summed E-state index contributed by atoms with van der Waals surface area (Å²) in [5.41, 5.74) is 7.48. The van der Waals surface area contributed by atoms with Gasteiger partial charge in [-0.1, -0.05) is 39.5 Å². The second-order valence-electron chi connectivity index (χ2n) is 6.81. The van der Waals surface area contributed by atoms with E-state index in [0.29, 0.717) is 12.5 Å². The van der Waals surface area contributed by atoms with Crippen LogP contribution in [0.15, 0.2) is 0 Å². The first kappa shape index (κ1) is 14.0. The van der Waals surface area contributed by atoms with Crippen molar-refractivity contribution in [3.63, 3.8) is 0 Å². The van der Waals surface area contributed by atoms with Crippen molar-refractivity contribution in [3.8, 4) is 12.3 Å². The Bertz CT molecular complexity index is 479. The number of rotatable bonds is 3. The molecule has 104 valence electrons. The number of nitrogen functional groups attached to an aromatic ring is 1. The molecule has 0 aliphatic heterocycles. The highest BCUT2D eigenvalue weighted by atomic mass is 15.1. The predicted molar refractivity (Wildman–Crippen MR) is 79.8 cm³/mol. The van der Waals surface area contributed by atoms with Gasteiger partial charge in [-0.05, 0) is 24.7 Å². The molecule has 1 aromatic heterocycles. The van der Waals surface area contributed by atoms with E-state index in [-0.39, 0.29) is 5.41 Å². The van der Waals surface area contributed by atoms with Crippen LogP contribution in [0.1, 0.15) is 63.9 Å². The van der Waals surface area contributed by atoms with Crippen LogP contribution in [0, 0.1) is 17.8 Å². The molecule has 1 aliphatic rings. The van der Waals surface area contributed by atoms with Crippen LogP contribution in [0.2, 0.25) is 0 Å². The van der Waals surface area contributed by atoms with Crippen LogP contribution in [-0.2, 0) is 13.0 Å². The zero-order valence-corrected chi connectivity index (χ0v) is 12.4. The Labute approximate surface area is 116 Å². The van der Waals surface area contributed by atoms with Gasteiger partial charge in [-0.15, -0.1) is 6.42 Å². The number of aromatic nitrogens is 2. The minimum atomic E-state index is 0.191. The van der Waals surface area contributed by atoms with Crippen molar-refractivity contribution in [1.82, 2.24) is 9.55 Å². The van der Waals surface area contributed by atoms with Gasteiger partial charge < -0.3 is 10.3 Å². The fraction of sp³-hybridized carbons (Fsp3) is 0.688. The summed E-state index contributed by atoms with van der Waals surface area (Å²) in [6.07, 6.45) is 11.4. The van der Waals surface area contributed by atoms with Crippen LogP contribution < -0.4 is 5.73 Å². The third kappa shape index (κ3) is 3.12. The van der Waals surface area contributed by atoms with Gasteiger partial charge in [0.25, 0.3) is 0 Å². The van der Waals surface area contributed by atoms with Gasteiger partial charge in [0.05, 0.1) is 12.2 Å². The van der Waals surface area contributed by atoms with E-state index in [9.17, 15) is 0 Å². The molecule has 2 rings (SSSR count). The Kier molecular flexibility index (Phi) is 3.89. The van der Waals surface area contributed by atoms with Crippen LogP contribution in [-0.4, -0.2) is 9.55 Å². The monoisotopic (exact) mass is 259 g/mol. The van der Waals surface area contributed by atoms with E-state index in [4.69, 9.17) is 17.1 Å². The van der Waals surface area contributed by atoms with E-state index in [0.717, 1.165) is 23.8 Å². The van der Waals surface area contributed by atoms with Crippen LogP contribution in [0.4, 0.5) is 5.82 Å². The average molecular weight is 259 g/mol. The van der Waals surface area contributed by atoms with Gasteiger partial charge in [-0.3, -0.25) is 0 Å². The molecule has 2 N–H and O–H groups in total. The summed E-state index contributed by atoms with van der Waals surface area (Å²) in [6, 6.07) is 0. The minimum Gasteiger partial charge on any atom is -0.384 e. The number of terminal acetylenes is 1. The Morgan fingerprint density at radius 1 is 1.37 bits per heavy atom. The van der Waals surface area contributed by atoms with Gasteiger partial charge >= 0.3 is 0 Å². The molecule has 0 amide bonds. The Balaban J connectivity index is 2.36. The molecule has 3 nitrogen and oxygen atoms in total. The maximum Gasteiger partial charge on any atom is 0.127 e. The number of imidazole rings is 1. The molecule has 1 aliphatic carbocycles. The topological polar surface area (TPSA) is 43.8 Å². The zero-order chi connectivity index (χ0) is 14.0. The van der Waals surface area contributed by atoms with Crippen molar-refractivity contribution in [2.45, 2.75) is 65.3 Å². The van der Waals surface area contributed by atoms with E-state index < -0.39 is 0 Å². The molecule has 0 unspecified atom stereocenters. The molecule has 0 radical (unpaired) electrons. The van der Waals surface area contributed by atoms with Gasteiger partial charge in [0.1, 0.15) is 11.6 Å². The highest BCUT2D eigenvalue weighted by molar-refractivity contribution is 5.40. The largest absolute Gasteiger partial charge is 0.384 e. The lowest BCUT2D eigenvalue weighted by atomic mass is 9.90. The van der Waals surface area contributed by atoms with Crippen molar-refractivity contribution >= 4 is 5.82 Å². The smallest absolute Gasteiger partial charge is 0.127 e. The van der Waals surface area contributed by atoms with Crippen molar-refractivity contribution < 1.29 is 0 Å².